The number of carbonyl (C=O) groups is 2. The van der Waals surface area contributed by atoms with Crippen molar-refractivity contribution in [2.24, 2.45) is 0 Å². The first-order valence-electron chi connectivity index (χ1n) is 3.93. The van der Waals surface area contributed by atoms with Crippen molar-refractivity contribution in [1.82, 2.24) is 0 Å². The summed E-state index contributed by atoms with van der Waals surface area (Å²) in [4.78, 5) is 21.5. The molecule has 1 rings (SSSR count). The summed E-state index contributed by atoms with van der Waals surface area (Å²) in [6.45, 7) is 5.35. The molecule has 0 N–H and O–H groups in total. The van der Waals surface area contributed by atoms with Gasteiger partial charge in [0, 0.05) is 0 Å². The zero-order chi connectivity index (χ0) is 9.35. The second kappa shape index (κ2) is 2.77. The highest BCUT2D eigenvalue weighted by atomic mass is 16.7. The van der Waals surface area contributed by atoms with Gasteiger partial charge in [-0.2, -0.15) is 0 Å². The van der Waals surface area contributed by atoms with E-state index in [-0.39, 0.29) is 6.10 Å². The molecule has 12 heavy (non-hydrogen) atoms. The molecule has 0 radical (unpaired) electrons. The first-order valence-corrected chi connectivity index (χ1v) is 3.93. The van der Waals surface area contributed by atoms with Crippen molar-refractivity contribution in [2.45, 2.75) is 38.9 Å². The molecule has 4 nitrogen and oxygen atoms in total. The van der Waals surface area contributed by atoms with Gasteiger partial charge in [-0.15, -0.1) is 0 Å². The van der Waals surface area contributed by atoms with Crippen LogP contribution in [0.1, 0.15) is 27.2 Å². The number of carbonyl (C=O) groups excluding carboxylic acids is 2. The Hall–Kier alpha value is -1.06. The number of hydrogen-bond donors (Lipinski definition) is 0. The van der Waals surface area contributed by atoms with Crippen LogP contribution in [-0.2, 0) is 19.1 Å². The molecule has 1 heterocycles. The van der Waals surface area contributed by atoms with Crippen LogP contribution in [-0.4, -0.2) is 23.6 Å². The van der Waals surface area contributed by atoms with Crippen LogP contribution in [0.25, 0.3) is 0 Å². The fourth-order valence-corrected chi connectivity index (χ4v) is 1.03. The molecule has 2 atom stereocenters. The smallest absolute Gasteiger partial charge is 0.418 e. The lowest BCUT2D eigenvalue weighted by Crippen LogP contribution is -2.51. The van der Waals surface area contributed by atoms with Gasteiger partial charge in [-0.25, -0.2) is 9.59 Å². The number of hydrogen-bond acceptors (Lipinski definition) is 4. The molecule has 2 unspecified atom stereocenters. The maximum Gasteiger partial charge on any atom is 0.418 e. The SMILES string of the molecule is CCC1(C)OC(=O)C(=O)OC1C. The van der Waals surface area contributed by atoms with E-state index in [1.165, 1.54) is 0 Å². The van der Waals surface area contributed by atoms with Crippen molar-refractivity contribution in [3.05, 3.63) is 0 Å². The van der Waals surface area contributed by atoms with Gasteiger partial charge < -0.3 is 9.47 Å². The molecule has 0 bridgehead atoms. The van der Waals surface area contributed by atoms with Crippen LogP contribution in [0.3, 0.4) is 0 Å². The van der Waals surface area contributed by atoms with E-state index in [0.717, 1.165) is 0 Å². The summed E-state index contributed by atoms with van der Waals surface area (Å²) in [6.07, 6.45) is 0.264. The van der Waals surface area contributed by atoms with Crippen molar-refractivity contribution in [2.75, 3.05) is 0 Å². The maximum atomic E-state index is 10.8. The Morgan fingerprint density at radius 1 is 1.42 bits per heavy atom. The van der Waals surface area contributed by atoms with Gasteiger partial charge in [-0.3, -0.25) is 0 Å². The zero-order valence-corrected chi connectivity index (χ0v) is 7.42. The average molecular weight is 172 g/mol. The number of ether oxygens (including phenoxy) is 2. The quantitative estimate of drug-likeness (QED) is 0.430. The van der Waals surface area contributed by atoms with E-state index < -0.39 is 17.5 Å². The van der Waals surface area contributed by atoms with Crippen LogP contribution in [0.2, 0.25) is 0 Å². The molecule has 0 aliphatic carbocycles. The van der Waals surface area contributed by atoms with E-state index in [2.05, 4.69) is 0 Å². The lowest BCUT2D eigenvalue weighted by molar-refractivity contribution is -0.209. The second-order valence-corrected chi connectivity index (χ2v) is 3.10. The Kier molecular flexibility index (Phi) is 2.08. The summed E-state index contributed by atoms with van der Waals surface area (Å²) < 4.78 is 9.73. The van der Waals surface area contributed by atoms with Crippen LogP contribution in [0.4, 0.5) is 0 Å². The molecule has 0 spiro atoms. The van der Waals surface area contributed by atoms with Gasteiger partial charge in [0.2, 0.25) is 0 Å². The molecule has 0 amide bonds. The third-order valence-corrected chi connectivity index (χ3v) is 2.34. The van der Waals surface area contributed by atoms with Gasteiger partial charge in [0.15, 0.2) is 0 Å². The van der Waals surface area contributed by atoms with Crippen LogP contribution >= 0.6 is 0 Å². The highest BCUT2D eigenvalue weighted by Crippen LogP contribution is 2.26. The Morgan fingerprint density at radius 2 is 2.00 bits per heavy atom. The van der Waals surface area contributed by atoms with Crippen molar-refractivity contribution >= 4 is 11.9 Å². The van der Waals surface area contributed by atoms with E-state index in [4.69, 9.17) is 9.47 Å². The lowest BCUT2D eigenvalue weighted by Gasteiger charge is -2.36. The Labute approximate surface area is 70.8 Å². The van der Waals surface area contributed by atoms with Crippen LogP contribution in [0.5, 0.6) is 0 Å². The second-order valence-electron chi connectivity index (χ2n) is 3.10. The summed E-state index contributed by atoms with van der Waals surface area (Å²) in [5, 5.41) is 0. The monoisotopic (exact) mass is 172 g/mol. The third kappa shape index (κ3) is 1.29. The predicted molar refractivity (Wildman–Crippen MR) is 40.3 cm³/mol. The molecule has 0 aromatic rings. The summed E-state index contributed by atoms with van der Waals surface area (Å²) in [5.74, 6) is -1.79. The minimum atomic E-state index is -0.895. The Bertz CT molecular complexity index is 223. The van der Waals surface area contributed by atoms with Gasteiger partial charge in [0.1, 0.15) is 11.7 Å². The molecule has 0 aromatic carbocycles. The number of rotatable bonds is 1. The van der Waals surface area contributed by atoms with Crippen LogP contribution < -0.4 is 0 Å². The lowest BCUT2D eigenvalue weighted by atomic mass is 9.96. The number of cyclic esters (lactones) is 2. The average Bonchev–Trinajstić information content (AvgIpc) is 2.01. The van der Waals surface area contributed by atoms with Crippen molar-refractivity contribution < 1.29 is 19.1 Å². The third-order valence-electron chi connectivity index (χ3n) is 2.34. The van der Waals surface area contributed by atoms with Crippen LogP contribution in [0.15, 0.2) is 0 Å². The Morgan fingerprint density at radius 3 is 2.50 bits per heavy atom. The highest BCUT2D eigenvalue weighted by molar-refractivity contribution is 6.30. The minimum Gasteiger partial charge on any atom is -0.450 e. The largest absolute Gasteiger partial charge is 0.450 e. The molecule has 4 heteroatoms. The van der Waals surface area contributed by atoms with Gasteiger partial charge in [-0.05, 0) is 20.3 Å². The first kappa shape index (κ1) is 9.03. The molecule has 1 fully saturated rings. The summed E-state index contributed by atoms with van der Waals surface area (Å²) >= 11 is 0. The van der Waals surface area contributed by atoms with Crippen molar-refractivity contribution in [3.8, 4) is 0 Å². The minimum absolute atomic E-state index is 0.368. The van der Waals surface area contributed by atoms with E-state index in [1.807, 2.05) is 6.92 Å². The van der Waals surface area contributed by atoms with Crippen LogP contribution in [0, 0.1) is 0 Å². The van der Waals surface area contributed by atoms with E-state index >= 15 is 0 Å². The van der Waals surface area contributed by atoms with E-state index in [1.54, 1.807) is 13.8 Å². The standard InChI is InChI=1S/C8H12O4/c1-4-8(3)5(2)11-6(9)7(10)12-8/h5H,4H2,1-3H3. The first-order chi connectivity index (χ1) is 5.49. The topological polar surface area (TPSA) is 52.6 Å². The molecular formula is C8H12O4. The summed E-state index contributed by atoms with van der Waals surface area (Å²) in [6, 6.07) is 0. The normalized spacial score (nSPS) is 35.8. The molecule has 1 aliphatic rings. The van der Waals surface area contributed by atoms with Crippen molar-refractivity contribution in [3.63, 3.8) is 0 Å². The van der Waals surface area contributed by atoms with Gasteiger partial charge in [-0.1, -0.05) is 6.92 Å². The Balaban J connectivity index is 2.81. The van der Waals surface area contributed by atoms with Gasteiger partial charge >= 0.3 is 11.9 Å². The molecule has 68 valence electrons. The maximum absolute atomic E-state index is 10.8. The molecule has 0 saturated carbocycles. The molecule has 1 saturated heterocycles. The molecule has 1 aliphatic heterocycles. The van der Waals surface area contributed by atoms with Gasteiger partial charge in [0.05, 0.1) is 0 Å². The fourth-order valence-electron chi connectivity index (χ4n) is 1.03. The predicted octanol–water partition coefficient (Wildman–Crippen LogP) is 0.644. The van der Waals surface area contributed by atoms with E-state index in [9.17, 15) is 9.59 Å². The summed E-state index contributed by atoms with van der Waals surface area (Å²) in [5.41, 5.74) is -0.662. The summed E-state index contributed by atoms with van der Waals surface area (Å²) in [7, 11) is 0. The van der Waals surface area contributed by atoms with Gasteiger partial charge in [0.25, 0.3) is 0 Å². The highest BCUT2D eigenvalue weighted by Gasteiger charge is 2.43. The molecular weight excluding hydrogens is 160 g/mol. The van der Waals surface area contributed by atoms with Crippen molar-refractivity contribution in [1.29, 1.82) is 0 Å². The number of esters is 2. The van der Waals surface area contributed by atoms with E-state index in [0.29, 0.717) is 6.42 Å². The molecule has 0 aromatic heterocycles. The zero-order valence-electron chi connectivity index (χ0n) is 7.42. The fraction of sp³-hybridized carbons (Fsp3) is 0.750.